The monoisotopic (exact) mass is 914 g/mol. The van der Waals surface area contributed by atoms with Crippen molar-refractivity contribution in [2.75, 3.05) is 40.9 Å². The van der Waals surface area contributed by atoms with E-state index in [1.165, 1.54) is 212 Å². The van der Waals surface area contributed by atoms with Gasteiger partial charge in [0.25, 0.3) is 0 Å². The fourth-order valence-corrected chi connectivity index (χ4v) is 9.13. The Hall–Kier alpha value is -0.760. The Balaban J connectivity index is 4.09. The molecular weight excluding hydrogens is 804 g/mol. The van der Waals surface area contributed by atoms with E-state index < -0.39 is 20.0 Å². The summed E-state index contributed by atoms with van der Waals surface area (Å²) in [6.45, 7) is 4.92. The highest BCUT2D eigenvalue weighted by atomic mass is 31.2. The topological polar surface area (TPSA) is 105 Å². The summed E-state index contributed by atoms with van der Waals surface area (Å²) < 4.78 is 23.7. The number of likely N-dealkylation sites (N-methyl/N-ethyl adjacent to an activating group) is 1. The van der Waals surface area contributed by atoms with Gasteiger partial charge in [0.15, 0.2) is 0 Å². The molecule has 3 N–H and O–H groups in total. The molecule has 0 radical (unpaired) electrons. The molecule has 3 atom stereocenters. The third kappa shape index (κ3) is 49.0. The van der Waals surface area contributed by atoms with E-state index >= 15 is 0 Å². The van der Waals surface area contributed by atoms with Crippen LogP contribution in [0.25, 0.3) is 0 Å². The second-order valence-electron chi connectivity index (χ2n) is 20.3. The number of hydrogen-bond donors (Lipinski definition) is 3. The van der Waals surface area contributed by atoms with Crippen LogP contribution in [0.2, 0.25) is 0 Å². The maximum absolute atomic E-state index is 13.0. The minimum Gasteiger partial charge on any atom is -0.391 e. The minimum atomic E-state index is -4.32. The summed E-state index contributed by atoms with van der Waals surface area (Å²) in [4.78, 5) is 23.3. The molecule has 376 valence electrons. The number of aliphatic hydroxyl groups excluding tert-OH is 1. The zero-order valence-corrected chi connectivity index (χ0v) is 43.7. The quantitative estimate of drug-likeness (QED) is 0.0243. The van der Waals surface area contributed by atoms with E-state index in [9.17, 15) is 19.4 Å². The van der Waals surface area contributed by atoms with Gasteiger partial charge in [-0.15, -0.1) is 0 Å². The van der Waals surface area contributed by atoms with E-state index in [2.05, 4.69) is 31.3 Å². The summed E-state index contributed by atoms with van der Waals surface area (Å²) in [6, 6.07) is -0.757. The first kappa shape index (κ1) is 62.2. The van der Waals surface area contributed by atoms with Crippen LogP contribution >= 0.6 is 7.82 Å². The number of nitrogens with one attached hydrogen (secondary N) is 1. The van der Waals surface area contributed by atoms with Crippen molar-refractivity contribution in [3.05, 3.63) is 12.2 Å². The fourth-order valence-electron chi connectivity index (χ4n) is 8.40. The summed E-state index contributed by atoms with van der Waals surface area (Å²) in [5, 5.41) is 14.0. The lowest BCUT2D eigenvalue weighted by Gasteiger charge is -2.26. The molecule has 0 aliphatic carbocycles. The molecule has 9 heteroatoms. The highest BCUT2D eigenvalue weighted by Gasteiger charge is 2.28. The van der Waals surface area contributed by atoms with E-state index in [4.69, 9.17) is 9.05 Å². The Morgan fingerprint density at radius 2 is 0.857 bits per heavy atom. The predicted molar refractivity (Wildman–Crippen MR) is 272 cm³/mol. The van der Waals surface area contributed by atoms with Gasteiger partial charge in [-0.05, 0) is 38.5 Å². The third-order valence-electron chi connectivity index (χ3n) is 12.8. The molecule has 0 aromatic rings. The molecular formula is C54H110N2O6P+. The van der Waals surface area contributed by atoms with E-state index in [1.54, 1.807) is 0 Å². The normalized spacial score (nSPS) is 14.1. The SMILES string of the molecule is CCCCCCCCCCCCCC/C=C\CCCCCCCCCCCCCC(=O)NC(COP(=O)(O)OCC[N+](C)(C)C)C(O)CCCCCCCCCCCCCCCC. The van der Waals surface area contributed by atoms with Crippen LogP contribution in [0.3, 0.4) is 0 Å². The highest BCUT2D eigenvalue weighted by Crippen LogP contribution is 2.43. The number of rotatable bonds is 51. The molecule has 1 amide bonds. The third-order valence-corrected chi connectivity index (χ3v) is 13.7. The van der Waals surface area contributed by atoms with Gasteiger partial charge in [0.1, 0.15) is 13.2 Å². The first-order valence-electron chi connectivity index (χ1n) is 27.6. The number of quaternary nitrogens is 1. The van der Waals surface area contributed by atoms with Crippen molar-refractivity contribution in [2.24, 2.45) is 0 Å². The number of allylic oxidation sites excluding steroid dienone is 2. The standard InChI is InChI=1S/C54H109N2O6P/c1-6-8-10-12-14-16-18-20-22-23-24-25-26-27-28-29-30-31-32-33-34-36-38-40-42-44-46-48-54(58)55-52(51-62-63(59,60)61-50-49-56(3,4)5)53(57)47-45-43-41-39-37-35-21-19-17-15-13-11-9-7-2/h27-28,52-53,57H,6-26,29-51H2,1-5H3,(H-,55,58,59,60)/p+1/b28-27-. The Morgan fingerprint density at radius 3 is 1.22 bits per heavy atom. The van der Waals surface area contributed by atoms with Gasteiger partial charge < -0.3 is 19.8 Å². The Morgan fingerprint density at radius 1 is 0.524 bits per heavy atom. The first-order valence-corrected chi connectivity index (χ1v) is 29.0. The van der Waals surface area contributed by atoms with Crippen LogP contribution in [0.1, 0.15) is 277 Å². The number of hydrogen-bond acceptors (Lipinski definition) is 5. The maximum atomic E-state index is 13.0. The van der Waals surface area contributed by atoms with E-state index in [0.29, 0.717) is 23.9 Å². The summed E-state index contributed by atoms with van der Waals surface area (Å²) >= 11 is 0. The van der Waals surface area contributed by atoms with Gasteiger partial charge in [-0.25, -0.2) is 4.57 Å². The Kier molecular flexibility index (Phi) is 45.8. The van der Waals surface area contributed by atoms with Gasteiger partial charge in [-0.2, -0.15) is 0 Å². The second kappa shape index (κ2) is 46.4. The van der Waals surface area contributed by atoms with Crippen molar-refractivity contribution < 1.29 is 32.9 Å². The molecule has 0 saturated heterocycles. The zero-order chi connectivity index (χ0) is 46.4. The van der Waals surface area contributed by atoms with Gasteiger partial charge in [0, 0.05) is 6.42 Å². The molecule has 0 bridgehead atoms. The van der Waals surface area contributed by atoms with Crippen LogP contribution in [0.4, 0.5) is 0 Å². The number of phosphoric acid groups is 1. The molecule has 0 rings (SSSR count). The molecule has 0 aromatic carbocycles. The van der Waals surface area contributed by atoms with Crippen LogP contribution < -0.4 is 5.32 Å². The first-order chi connectivity index (χ1) is 30.5. The largest absolute Gasteiger partial charge is 0.472 e. The fraction of sp³-hybridized carbons (Fsp3) is 0.944. The lowest BCUT2D eigenvalue weighted by atomic mass is 10.0. The van der Waals surface area contributed by atoms with Gasteiger partial charge in [-0.3, -0.25) is 13.8 Å². The minimum absolute atomic E-state index is 0.0769. The summed E-state index contributed by atoms with van der Waals surface area (Å²) in [5.74, 6) is -0.141. The molecule has 63 heavy (non-hydrogen) atoms. The van der Waals surface area contributed by atoms with Crippen LogP contribution in [-0.2, 0) is 18.4 Å². The molecule has 0 aliphatic rings. The van der Waals surface area contributed by atoms with Crippen LogP contribution in [0, 0.1) is 0 Å². The van der Waals surface area contributed by atoms with Crippen molar-refractivity contribution in [1.82, 2.24) is 5.32 Å². The summed E-state index contributed by atoms with van der Waals surface area (Å²) in [5.41, 5.74) is 0. The molecule has 3 unspecified atom stereocenters. The number of phosphoric ester groups is 1. The lowest BCUT2D eigenvalue weighted by Crippen LogP contribution is -2.46. The van der Waals surface area contributed by atoms with Crippen LogP contribution in [-0.4, -0.2) is 73.4 Å². The number of nitrogens with zero attached hydrogens (tertiary/aromatic N) is 1. The molecule has 8 nitrogen and oxygen atoms in total. The van der Waals surface area contributed by atoms with Gasteiger partial charge in [-0.1, -0.05) is 244 Å². The van der Waals surface area contributed by atoms with Crippen molar-refractivity contribution >= 4 is 13.7 Å². The van der Waals surface area contributed by atoms with Crippen molar-refractivity contribution in [3.63, 3.8) is 0 Å². The predicted octanol–water partition coefficient (Wildman–Crippen LogP) is 16.3. The number of unbranched alkanes of at least 4 members (excludes halogenated alkanes) is 36. The van der Waals surface area contributed by atoms with Crippen LogP contribution in [0.5, 0.6) is 0 Å². The lowest BCUT2D eigenvalue weighted by molar-refractivity contribution is -0.870. The molecule has 0 heterocycles. The maximum Gasteiger partial charge on any atom is 0.472 e. The smallest absolute Gasteiger partial charge is 0.391 e. The van der Waals surface area contributed by atoms with Gasteiger partial charge in [0.05, 0.1) is 39.9 Å². The number of amides is 1. The van der Waals surface area contributed by atoms with E-state index in [1.807, 2.05) is 21.1 Å². The van der Waals surface area contributed by atoms with E-state index in [-0.39, 0.29) is 19.1 Å². The molecule has 0 spiro atoms. The van der Waals surface area contributed by atoms with Crippen molar-refractivity contribution in [2.45, 2.75) is 289 Å². The molecule has 0 aromatic heterocycles. The van der Waals surface area contributed by atoms with Crippen molar-refractivity contribution in [1.29, 1.82) is 0 Å². The Labute approximate surface area is 392 Å². The number of carbonyl (C=O) groups excluding carboxylic acids is 1. The number of aliphatic hydroxyl groups is 1. The zero-order valence-electron chi connectivity index (χ0n) is 42.8. The van der Waals surface area contributed by atoms with Gasteiger partial charge >= 0.3 is 7.82 Å². The summed E-state index contributed by atoms with van der Waals surface area (Å²) in [7, 11) is 1.63. The second-order valence-corrected chi connectivity index (χ2v) is 21.8. The molecule has 0 fully saturated rings. The molecule has 0 aliphatic heterocycles. The average molecular weight is 914 g/mol. The number of carbonyl (C=O) groups is 1. The van der Waals surface area contributed by atoms with E-state index in [0.717, 1.165) is 38.5 Å². The summed E-state index contributed by atoms with van der Waals surface area (Å²) in [6.07, 6.45) is 55.5. The average Bonchev–Trinajstić information content (AvgIpc) is 3.24. The molecule has 0 saturated carbocycles. The Bertz CT molecular complexity index is 1040. The van der Waals surface area contributed by atoms with Crippen LogP contribution in [0.15, 0.2) is 12.2 Å². The van der Waals surface area contributed by atoms with Gasteiger partial charge in [0.2, 0.25) is 5.91 Å². The van der Waals surface area contributed by atoms with Crippen molar-refractivity contribution in [3.8, 4) is 0 Å². The highest BCUT2D eigenvalue weighted by molar-refractivity contribution is 7.47.